The first-order chi connectivity index (χ1) is 10.1. The standard InChI is InChI=1S/C15H20ClN3O2/c16-13-9-12(19(20)21)6-5-11(13)10-18-8-2-4-15(18)14-3-1-7-17-14/h5-6,9,14-15,17H,1-4,7-8,10H2. The molecule has 0 radical (unpaired) electrons. The third kappa shape index (κ3) is 3.20. The number of nitrogens with one attached hydrogen (secondary N) is 1. The lowest BCUT2D eigenvalue weighted by Crippen LogP contribution is -2.43. The van der Waals surface area contributed by atoms with Crippen molar-refractivity contribution in [1.82, 2.24) is 10.2 Å². The first-order valence-corrected chi connectivity index (χ1v) is 7.93. The molecule has 2 heterocycles. The van der Waals surface area contributed by atoms with Gasteiger partial charge in [0.25, 0.3) is 5.69 Å². The highest BCUT2D eigenvalue weighted by atomic mass is 35.5. The van der Waals surface area contributed by atoms with Crippen LogP contribution in [0.15, 0.2) is 18.2 Å². The molecule has 0 aromatic heterocycles. The van der Waals surface area contributed by atoms with Gasteiger partial charge in [-0.05, 0) is 50.4 Å². The molecule has 2 saturated heterocycles. The molecule has 5 nitrogen and oxygen atoms in total. The second kappa shape index (κ2) is 6.30. The Morgan fingerprint density at radius 1 is 1.38 bits per heavy atom. The zero-order chi connectivity index (χ0) is 14.8. The molecule has 0 amide bonds. The van der Waals surface area contributed by atoms with Crippen LogP contribution in [0.1, 0.15) is 31.2 Å². The largest absolute Gasteiger partial charge is 0.312 e. The molecule has 2 aliphatic heterocycles. The maximum Gasteiger partial charge on any atom is 0.270 e. The van der Waals surface area contributed by atoms with Crippen LogP contribution < -0.4 is 5.32 Å². The number of benzene rings is 1. The topological polar surface area (TPSA) is 58.4 Å². The SMILES string of the molecule is O=[N+]([O-])c1ccc(CN2CCCC2C2CCCN2)c(Cl)c1. The number of hydrogen-bond acceptors (Lipinski definition) is 4. The Hall–Kier alpha value is -1.17. The lowest BCUT2D eigenvalue weighted by atomic mass is 10.0. The molecule has 21 heavy (non-hydrogen) atoms. The second-order valence-corrected chi connectivity index (χ2v) is 6.32. The van der Waals surface area contributed by atoms with Crippen molar-refractivity contribution >= 4 is 17.3 Å². The van der Waals surface area contributed by atoms with E-state index >= 15 is 0 Å². The summed E-state index contributed by atoms with van der Waals surface area (Å²) in [5.41, 5.74) is 1.03. The van der Waals surface area contributed by atoms with E-state index in [2.05, 4.69) is 10.2 Å². The van der Waals surface area contributed by atoms with E-state index in [9.17, 15) is 10.1 Å². The van der Waals surface area contributed by atoms with Crippen LogP contribution in [0.4, 0.5) is 5.69 Å². The first kappa shape index (κ1) is 14.8. The van der Waals surface area contributed by atoms with Gasteiger partial charge in [-0.1, -0.05) is 11.6 Å². The number of nitro groups is 1. The summed E-state index contributed by atoms with van der Waals surface area (Å²) in [4.78, 5) is 12.8. The summed E-state index contributed by atoms with van der Waals surface area (Å²) in [5.74, 6) is 0. The minimum Gasteiger partial charge on any atom is -0.312 e. The normalized spacial score (nSPS) is 26.3. The number of hydrogen-bond donors (Lipinski definition) is 1. The molecule has 3 rings (SSSR count). The van der Waals surface area contributed by atoms with Crippen molar-refractivity contribution in [2.45, 2.75) is 44.3 Å². The van der Waals surface area contributed by atoms with E-state index in [1.807, 2.05) is 0 Å². The molecule has 2 unspecified atom stereocenters. The summed E-state index contributed by atoms with van der Waals surface area (Å²) in [5, 5.41) is 14.8. The summed E-state index contributed by atoms with van der Waals surface area (Å²) in [7, 11) is 0. The average Bonchev–Trinajstić information content (AvgIpc) is 3.11. The van der Waals surface area contributed by atoms with Gasteiger partial charge in [-0.3, -0.25) is 15.0 Å². The van der Waals surface area contributed by atoms with Crippen molar-refractivity contribution in [2.75, 3.05) is 13.1 Å². The Morgan fingerprint density at radius 2 is 2.24 bits per heavy atom. The number of non-ortho nitro benzene ring substituents is 1. The van der Waals surface area contributed by atoms with Crippen molar-refractivity contribution in [3.05, 3.63) is 38.9 Å². The Labute approximate surface area is 129 Å². The van der Waals surface area contributed by atoms with Crippen molar-refractivity contribution in [3.63, 3.8) is 0 Å². The smallest absolute Gasteiger partial charge is 0.270 e. The van der Waals surface area contributed by atoms with E-state index in [1.54, 1.807) is 12.1 Å². The highest BCUT2D eigenvalue weighted by Gasteiger charge is 2.33. The van der Waals surface area contributed by atoms with Crippen LogP contribution in [-0.4, -0.2) is 35.0 Å². The third-order valence-corrected chi connectivity index (χ3v) is 4.95. The van der Waals surface area contributed by atoms with Gasteiger partial charge in [-0.2, -0.15) is 0 Å². The monoisotopic (exact) mass is 309 g/mol. The second-order valence-electron chi connectivity index (χ2n) is 5.92. The zero-order valence-electron chi connectivity index (χ0n) is 11.9. The number of halogens is 1. The first-order valence-electron chi connectivity index (χ1n) is 7.55. The van der Waals surface area contributed by atoms with Crippen LogP contribution >= 0.6 is 11.6 Å². The molecule has 0 spiro atoms. The Morgan fingerprint density at radius 3 is 2.90 bits per heavy atom. The van der Waals surface area contributed by atoms with Gasteiger partial charge in [0, 0.05) is 30.8 Å². The van der Waals surface area contributed by atoms with Gasteiger partial charge in [0.2, 0.25) is 0 Å². The lowest BCUT2D eigenvalue weighted by molar-refractivity contribution is -0.384. The minimum absolute atomic E-state index is 0.0548. The highest BCUT2D eigenvalue weighted by molar-refractivity contribution is 6.31. The molecule has 0 aliphatic carbocycles. The van der Waals surface area contributed by atoms with Gasteiger partial charge in [0.15, 0.2) is 0 Å². The molecule has 0 bridgehead atoms. The van der Waals surface area contributed by atoms with Crippen molar-refractivity contribution in [2.24, 2.45) is 0 Å². The maximum atomic E-state index is 10.8. The molecular weight excluding hydrogens is 290 g/mol. The quantitative estimate of drug-likeness (QED) is 0.686. The molecule has 2 fully saturated rings. The maximum absolute atomic E-state index is 10.8. The molecule has 0 saturated carbocycles. The lowest BCUT2D eigenvalue weighted by Gasteiger charge is -2.29. The Bertz CT molecular complexity index is 532. The minimum atomic E-state index is -0.406. The van der Waals surface area contributed by atoms with Crippen LogP contribution in [0.3, 0.4) is 0 Å². The molecule has 1 aromatic rings. The third-order valence-electron chi connectivity index (χ3n) is 4.60. The summed E-state index contributed by atoms with van der Waals surface area (Å²) in [6.07, 6.45) is 4.94. The van der Waals surface area contributed by atoms with E-state index in [0.29, 0.717) is 17.1 Å². The average molecular weight is 310 g/mol. The van der Waals surface area contributed by atoms with Gasteiger partial charge >= 0.3 is 0 Å². The molecule has 1 N–H and O–H groups in total. The zero-order valence-corrected chi connectivity index (χ0v) is 12.7. The molecular formula is C15H20ClN3O2. The van der Waals surface area contributed by atoms with Crippen LogP contribution in [-0.2, 0) is 6.54 Å². The Balaban J connectivity index is 1.71. The van der Waals surface area contributed by atoms with Gasteiger partial charge in [0.05, 0.1) is 9.95 Å². The van der Waals surface area contributed by atoms with Crippen LogP contribution in [0.25, 0.3) is 0 Å². The number of nitro benzene ring substituents is 1. The molecule has 6 heteroatoms. The number of nitrogens with zero attached hydrogens (tertiary/aromatic N) is 2. The van der Waals surface area contributed by atoms with Gasteiger partial charge < -0.3 is 5.32 Å². The van der Waals surface area contributed by atoms with Gasteiger partial charge in [-0.25, -0.2) is 0 Å². The van der Waals surface area contributed by atoms with Crippen molar-refractivity contribution in [3.8, 4) is 0 Å². The van der Waals surface area contributed by atoms with Gasteiger partial charge in [0.1, 0.15) is 0 Å². The molecule has 2 atom stereocenters. The fraction of sp³-hybridized carbons (Fsp3) is 0.600. The van der Waals surface area contributed by atoms with Gasteiger partial charge in [-0.15, -0.1) is 0 Å². The highest BCUT2D eigenvalue weighted by Crippen LogP contribution is 2.29. The van der Waals surface area contributed by atoms with E-state index in [4.69, 9.17) is 11.6 Å². The molecule has 2 aliphatic rings. The van der Waals surface area contributed by atoms with Crippen LogP contribution in [0.2, 0.25) is 5.02 Å². The van der Waals surface area contributed by atoms with E-state index in [-0.39, 0.29) is 5.69 Å². The van der Waals surface area contributed by atoms with Crippen LogP contribution in [0.5, 0.6) is 0 Å². The van der Waals surface area contributed by atoms with Crippen LogP contribution in [0, 0.1) is 10.1 Å². The predicted molar refractivity (Wildman–Crippen MR) is 82.6 cm³/mol. The fourth-order valence-electron chi connectivity index (χ4n) is 3.54. The van der Waals surface area contributed by atoms with Crippen molar-refractivity contribution < 1.29 is 4.92 Å². The summed E-state index contributed by atoms with van der Waals surface area (Å²) in [6.45, 7) is 2.98. The van der Waals surface area contributed by atoms with E-state index < -0.39 is 4.92 Å². The number of likely N-dealkylation sites (tertiary alicyclic amines) is 1. The van der Waals surface area contributed by atoms with Crippen molar-refractivity contribution in [1.29, 1.82) is 0 Å². The Kier molecular flexibility index (Phi) is 4.42. The van der Waals surface area contributed by atoms with E-state index in [1.165, 1.54) is 31.7 Å². The fourth-order valence-corrected chi connectivity index (χ4v) is 3.78. The molecule has 1 aromatic carbocycles. The number of rotatable bonds is 4. The summed E-state index contributed by atoms with van der Waals surface area (Å²) >= 11 is 6.21. The predicted octanol–water partition coefficient (Wildman–Crippen LogP) is 2.96. The summed E-state index contributed by atoms with van der Waals surface area (Å²) < 4.78 is 0. The molecule has 114 valence electrons. The van der Waals surface area contributed by atoms with E-state index in [0.717, 1.165) is 25.2 Å². The summed E-state index contributed by atoms with van der Waals surface area (Å²) in [6, 6.07) is 5.94.